The third kappa shape index (κ3) is 5.16. The summed E-state index contributed by atoms with van der Waals surface area (Å²) in [7, 11) is -3.92. The number of nitrogens with two attached hydrogens (primary N) is 1. The average Bonchev–Trinajstić information content (AvgIpc) is 3.26. The van der Waals surface area contributed by atoms with E-state index in [9.17, 15) is 18.0 Å². The van der Waals surface area contributed by atoms with Crippen LogP contribution in [-0.2, 0) is 26.1 Å². The summed E-state index contributed by atoms with van der Waals surface area (Å²) in [6.45, 7) is 2.75. The smallest absolute Gasteiger partial charge is 0.328 e. The second kappa shape index (κ2) is 8.83. The van der Waals surface area contributed by atoms with Gasteiger partial charge in [0, 0.05) is 28.8 Å². The number of halogens is 2. The summed E-state index contributed by atoms with van der Waals surface area (Å²) in [5, 5.41) is 9.53. The van der Waals surface area contributed by atoms with E-state index in [1.54, 1.807) is 31.2 Å². The van der Waals surface area contributed by atoms with Crippen molar-refractivity contribution in [1.82, 2.24) is 14.3 Å². The Balaban J connectivity index is 1.69. The molecule has 0 unspecified atom stereocenters. The Morgan fingerprint density at radius 2 is 1.87 bits per heavy atom. The molecule has 0 saturated heterocycles. The molecule has 0 aliphatic heterocycles. The first-order valence-corrected chi connectivity index (χ1v) is 11.2. The van der Waals surface area contributed by atoms with Crippen LogP contribution in [0, 0.1) is 13.8 Å². The number of aromatic nitrogens is 3. The fraction of sp³-hybridized carbons (Fsp3) is 0.211. The molecule has 9 nitrogen and oxygen atoms in total. The highest BCUT2D eigenvalue weighted by atomic mass is 35.5. The zero-order valence-corrected chi connectivity index (χ0v) is 18.8. The van der Waals surface area contributed by atoms with Gasteiger partial charge in [-0.3, -0.25) is 14.3 Å². The lowest BCUT2D eigenvalue weighted by Crippen LogP contribution is -2.19. The first kappa shape index (κ1) is 23.0. The highest BCUT2D eigenvalue weighted by Gasteiger charge is 2.19. The first-order valence-electron chi connectivity index (χ1n) is 8.86. The summed E-state index contributed by atoms with van der Waals surface area (Å²) in [5.41, 5.74) is 2.58. The Labute approximate surface area is 188 Å². The van der Waals surface area contributed by atoms with Crippen molar-refractivity contribution >= 4 is 45.0 Å². The lowest BCUT2D eigenvalue weighted by molar-refractivity contribution is -0.143. The first-order chi connectivity index (χ1) is 14.5. The number of carbonyl (C=O) groups excluding carboxylic acids is 2. The lowest BCUT2D eigenvalue weighted by Gasteiger charge is -2.11. The predicted molar refractivity (Wildman–Crippen MR) is 114 cm³/mol. The molecule has 0 radical (unpaired) electrons. The molecule has 1 aromatic carbocycles. The highest BCUT2D eigenvalue weighted by molar-refractivity contribution is 7.89. The van der Waals surface area contributed by atoms with E-state index in [-0.39, 0.29) is 11.4 Å². The monoisotopic (exact) mass is 484 g/mol. The molecule has 164 valence electrons. The molecular formula is C19H18Cl2N4O5S. The van der Waals surface area contributed by atoms with Gasteiger partial charge in [-0.1, -0.05) is 23.2 Å². The molecule has 0 aliphatic rings. The number of primary sulfonamides is 1. The van der Waals surface area contributed by atoms with Crippen molar-refractivity contribution in [3.8, 4) is 5.69 Å². The number of hydrogen-bond acceptors (Lipinski definition) is 6. The van der Waals surface area contributed by atoms with E-state index in [0.29, 0.717) is 21.3 Å². The summed E-state index contributed by atoms with van der Waals surface area (Å²) in [5.74, 6) is -1.14. The third-order valence-corrected chi connectivity index (χ3v) is 6.09. The topological polar surface area (TPSA) is 126 Å². The molecule has 0 saturated carbocycles. The third-order valence-electron chi connectivity index (χ3n) is 4.49. The highest BCUT2D eigenvalue weighted by Crippen LogP contribution is 2.27. The van der Waals surface area contributed by atoms with Gasteiger partial charge in [-0.25, -0.2) is 13.6 Å². The Hall–Kier alpha value is -2.66. The van der Waals surface area contributed by atoms with Gasteiger partial charge in [-0.15, -0.1) is 0 Å². The van der Waals surface area contributed by atoms with Crippen LogP contribution in [0.4, 0.5) is 0 Å². The zero-order valence-electron chi connectivity index (χ0n) is 16.5. The maximum Gasteiger partial charge on any atom is 0.328 e. The van der Waals surface area contributed by atoms with Gasteiger partial charge < -0.3 is 9.30 Å². The molecule has 2 N–H and O–H groups in total. The van der Waals surface area contributed by atoms with E-state index in [1.165, 1.54) is 0 Å². The number of aryl methyl sites for hydroxylation is 1. The number of carbonyl (C=O) groups is 2. The Bertz CT molecular complexity index is 1280. The Morgan fingerprint density at radius 1 is 1.16 bits per heavy atom. The molecule has 0 bridgehead atoms. The van der Waals surface area contributed by atoms with Gasteiger partial charge in [0.05, 0.1) is 16.2 Å². The number of rotatable bonds is 7. The number of esters is 1. The van der Waals surface area contributed by atoms with Crippen LogP contribution < -0.4 is 5.14 Å². The maximum atomic E-state index is 12.6. The largest absolute Gasteiger partial charge is 0.456 e. The van der Waals surface area contributed by atoms with Crippen molar-refractivity contribution in [2.24, 2.45) is 5.14 Å². The van der Waals surface area contributed by atoms with Crippen LogP contribution in [0.15, 0.2) is 41.6 Å². The lowest BCUT2D eigenvalue weighted by atomic mass is 10.1. The van der Waals surface area contributed by atoms with Gasteiger partial charge >= 0.3 is 5.97 Å². The van der Waals surface area contributed by atoms with Crippen molar-refractivity contribution in [2.45, 2.75) is 25.3 Å². The number of nitrogens with zero attached hydrogens (tertiary/aromatic N) is 3. The number of sulfonamides is 1. The van der Waals surface area contributed by atoms with Crippen LogP contribution in [-0.4, -0.2) is 41.1 Å². The van der Waals surface area contributed by atoms with Crippen molar-refractivity contribution in [3.63, 3.8) is 0 Å². The fourth-order valence-electron chi connectivity index (χ4n) is 3.05. The van der Waals surface area contributed by atoms with Crippen molar-refractivity contribution < 1.29 is 22.7 Å². The minimum atomic E-state index is -3.92. The number of ether oxygens (including phenoxy) is 1. The molecule has 3 rings (SSSR count). The van der Waals surface area contributed by atoms with Gasteiger partial charge in [0.2, 0.25) is 15.8 Å². The minimum absolute atomic E-state index is 0.230. The number of hydrogen-bond donors (Lipinski definition) is 1. The molecule has 12 heteroatoms. The quantitative estimate of drug-likeness (QED) is 0.405. The molecule has 3 aromatic rings. The summed E-state index contributed by atoms with van der Waals surface area (Å²) in [4.78, 5) is 24.4. The van der Waals surface area contributed by atoms with Crippen LogP contribution in [0.5, 0.6) is 0 Å². The second-order valence-corrected chi connectivity index (χ2v) is 9.10. The fourth-order valence-corrected chi connectivity index (χ4v) is 3.80. The van der Waals surface area contributed by atoms with Gasteiger partial charge in [-0.05, 0) is 38.1 Å². The Kier molecular flexibility index (Phi) is 6.56. The maximum absolute atomic E-state index is 12.6. The van der Waals surface area contributed by atoms with E-state index >= 15 is 0 Å². The average molecular weight is 485 g/mol. The molecule has 0 spiro atoms. The summed E-state index contributed by atoms with van der Waals surface area (Å²) >= 11 is 12.1. The predicted octanol–water partition coefficient (Wildman–Crippen LogP) is 2.67. The van der Waals surface area contributed by atoms with E-state index in [0.717, 1.165) is 28.5 Å². The van der Waals surface area contributed by atoms with Crippen LogP contribution in [0.2, 0.25) is 10.0 Å². The number of Topliss-reactive ketones (excluding diaryl/α,β-unsaturated/α-hetero) is 1. The normalized spacial score (nSPS) is 11.5. The summed E-state index contributed by atoms with van der Waals surface area (Å²) in [6.07, 6.45) is 2.12. The molecule has 0 amide bonds. The van der Waals surface area contributed by atoms with Crippen molar-refractivity contribution in [3.05, 3.63) is 63.7 Å². The molecule has 2 heterocycles. The van der Waals surface area contributed by atoms with E-state index < -0.39 is 28.4 Å². The molecule has 0 aliphatic carbocycles. The zero-order chi connectivity index (χ0) is 22.9. The molecule has 0 fully saturated rings. The SMILES string of the molecule is Cc1cc(C(=O)COC(=O)Cn2cc(S(N)(=O)=O)cn2)c(C)n1-c1ccc(Cl)c(Cl)c1. The molecule has 31 heavy (non-hydrogen) atoms. The van der Waals surface area contributed by atoms with Crippen LogP contribution in [0.1, 0.15) is 21.7 Å². The number of ketones is 1. The standard InChI is InChI=1S/C19H18Cl2N4O5S/c1-11-5-15(12(2)25(11)13-3-4-16(20)17(21)6-13)18(26)10-30-19(27)9-24-8-14(7-23-24)31(22,28)29/h3-8H,9-10H2,1-2H3,(H2,22,28,29). The van der Waals surface area contributed by atoms with Gasteiger partial charge in [-0.2, -0.15) is 5.10 Å². The summed E-state index contributed by atoms with van der Waals surface area (Å²) < 4.78 is 30.4. The van der Waals surface area contributed by atoms with Crippen molar-refractivity contribution in [2.75, 3.05) is 6.61 Å². The van der Waals surface area contributed by atoms with Crippen LogP contribution in [0.3, 0.4) is 0 Å². The van der Waals surface area contributed by atoms with Gasteiger partial charge in [0.1, 0.15) is 11.4 Å². The second-order valence-electron chi connectivity index (χ2n) is 6.72. The van der Waals surface area contributed by atoms with Crippen LogP contribution >= 0.6 is 23.2 Å². The number of benzene rings is 1. The Morgan fingerprint density at radius 3 is 2.48 bits per heavy atom. The molecule has 2 aromatic heterocycles. The minimum Gasteiger partial charge on any atom is -0.456 e. The molecule has 0 atom stereocenters. The van der Waals surface area contributed by atoms with E-state index in [1.807, 2.05) is 11.5 Å². The van der Waals surface area contributed by atoms with E-state index in [4.69, 9.17) is 33.1 Å². The van der Waals surface area contributed by atoms with Crippen molar-refractivity contribution in [1.29, 1.82) is 0 Å². The molecular weight excluding hydrogens is 467 g/mol. The van der Waals surface area contributed by atoms with Gasteiger partial charge in [0.25, 0.3) is 0 Å². The van der Waals surface area contributed by atoms with Crippen LogP contribution in [0.25, 0.3) is 5.69 Å². The van der Waals surface area contributed by atoms with E-state index in [2.05, 4.69) is 5.10 Å². The van der Waals surface area contributed by atoms with Gasteiger partial charge in [0.15, 0.2) is 6.61 Å². The summed E-state index contributed by atoms with van der Waals surface area (Å²) in [6, 6.07) is 6.83.